The number of nitrogens with zero attached hydrogens (tertiary/aromatic N) is 4. The zero-order valence-electron chi connectivity index (χ0n) is 36.7. The van der Waals surface area contributed by atoms with Gasteiger partial charge in [0, 0.05) is 60.1 Å². The second-order valence-electron chi connectivity index (χ2n) is 19.7. The van der Waals surface area contributed by atoms with Gasteiger partial charge in [-0.25, -0.2) is 4.98 Å². The summed E-state index contributed by atoms with van der Waals surface area (Å²) in [5, 5.41) is 19.4. The van der Waals surface area contributed by atoms with Crippen LogP contribution in [0.15, 0.2) is 48.5 Å². The van der Waals surface area contributed by atoms with E-state index in [4.69, 9.17) is 0 Å². The van der Waals surface area contributed by atoms with E-state index < -0.39 is 58.7 Å². The van der Waals surface area contributed by atoms with E-state index in [0.717, 1.165) is 93.3 Å². The molecule has 3 aromatic rings. The van der Waals surface area contributed by atoms with Gasteiger partial charge in [-0.05, 0) is 145 Å². The van der Waals surface area contributed by atoms with Gasteiger partial charge in [0.15, 0.2) is 0 Å². The van der Waals surface area contributed by atoms with E-state index in [2.05, 4.69) is 32.9 Å². The SMILES string of the molecule is CN(C[C@H]1CC[C@H](N2Cc3cc(C(C)(C)O)c(NC(=O)c4cccc(C(F)(F)F)n4)cc3C2=O)CC1)C1CCC2(CC1)CC(Nc1cccc3c1C(=O)N(C1CCC(=O)NC1=O)C3=O)C2. The molecule has 1 saturated heterocycles. The van der Waals surface area contributed by atoms with Crippen LogP contribution in [-0.4, -0.2) is 98.0 Å². The number of carbonyl (C=O) groups excluding carboxylic acids is 6. The number of halogens is 3. The van der Waals surface area contributed by atoms with Gasteiger partial charge < -0.3 is 25.5 Å². The second kappa shape index (κ2) is 16.6. The molecule has 6 aliphatic rings. The van der Waals surface area contributed by atoms with Crippen LogP contribution in [0, 0.1) is 11.3 Å². The molecule has 14 nitrogen and oxygen atoms in total. The molecule has 65 heavy (non-hydrogen) atoms. The van der Waals surface area contributed by atoms with Crippen molar-refractivity contribution < 1.29 is 47.0 Å². The fraction of sp³-hybridized carbons (Fsp3) is 0.521. The molecule has 344 valence electrons. The number of carbonyl (C=O) groups is 6. The zero-order chi connectivity index (χ0) is 46.2. The summed E-state index contributed by atoms with van der Waals surface area (Å²) in [4.78, 5) is 87.0. The van der Waals surface area contributed by atoms with E-state index >= 15 is 0 Å². The molecule has 1 aromatic heterocycles. The summed E-state index contributed by atoms with van der Waals surface area (Å²) in [7, 11) is 2.21. The number of alkyl halides is 3. The average Bonchev–Trinajstić information content (AvgIpc) is 3.71. The number of benzene rings is 2. The summed E-state index contributed by atoms with van der Waals surface area (Å²) in [6, 6.07) is 11.1. The molecule has 4 fully saturated rings. The van der Waals surface area contributed by atoms with Crippen LogP contribution in [0.4, 0.5) is 24.5 Å². The Morgan fingerprint density at radius 2 is 1.60 bits per heavy atom. The normalized spacial score (nSPS) is 26.9. The smallest absolute Gasteiger partial charge is 0.386 e. The third-order valence-electron chi connectivity index (χ3n) is 14.9. The minimum atomic E-state index is -4.73. The Morgan fingerprint density at radius 3 is 2.28 bits per heavy atom. The summed E-state index contributed by atoms with van der Waals surface area (Å²) in [6.07, 6.45) is 5.46. The molecular weight excluding hydrogens is 844 g/mol. The van der Waals surface area contributed by atoms with Crippen LogP contribution >= 0.6 is 0 Å². The van der Waals surface area contributed by atoms with Crippen molar-refractivity contribution >= 4 is 46.8 Å². The lowest BCUT2D eigenvalue weighted by Crippen LogP contribution is -2.54. The molecule has 1 unspecified atom stereocenters. The van der Waals surface area contributed by atoms with Gasteiger partial charge in [-0.3, -0.25) is 39.0 Å². The van der Waals surface area contributed by atoms with Crippen LogP contribution in [0.2, 0.25) is 0 Å². The summed E-state index contributed by atoms with van der Waals surface area (Å²) in [5.74, 6) is -2.63. The lowest BCUT2D eigenvalue weighted by atomic mass is 9.57. The topological polar surface area (TPSA) is 181 Å². The van der Waals surface area contributed by atoms with Gasteiger partial charge in [0.1, 0.15) is 17.4 Å². The highest BCUT2D eigenvalue weighted by atomic mass is 19.4. The molecule has 3 saturated carbocycles. The Morgan fingerprint density at radius 1 is 0.892 bits per heavy atom. The van der Waals surface area contributed by atoms with Crippen LogP contribution in [-0.2, 0) is 27.9 Å². The molecule has 2 aromatic carbocycles. The number of piperidine rings is 1. The molecule has 4 heterocycles. The molecular formula is C48H54F3N7O7. The van der Waals surface area contributed by atoms with E-state index in [1.54, 1.807) is 32.0 Å². The Labute approximate surface area is 374 Å². The van der Waals surface area contributed by atoms with Crippen molar-refractivity contribution in [2.75, 3.05) is 24.2 Å². The van der Waals surface area contributed by atoms with Crippen molar-refractivity contribution in [3.8, 4) is 0 Å². The third-order valence-corrected chi connectivity index (χ3v) is 14.9. The average molecular weight is 898 g/mol. The van der Waals surface area contributed by atoms with E-state index in [1.807, 2.05) is 11.0 Å². The molecule has 6 amide bonds. The Balaban J connectivity index is 0.750. The number of hydrogen-bond acceptors (Lipinski definition) is 10. The van der Waals surface area contributed by atoms with E-state index in [0.29, 0.717) is 35.3 Å². The molecule has 1 atom stereocenters. The lowest BCUT2D eigenvalue weighted by Gasteiger charge is -2.53. The Bertz CT molecular complexity index is 2460. The van der Waals surface area contributed by atoms with Crippen LogP contribution < -0.4 is 16.0 Å². The molecule has 3 aliphatic carbocycles. The highest BCUT2D eigenvalue weighted by molar-refractivity contribution is 6.25. The van der Waals surface area contributed by atoms with Crippen LogP contribution in [0.25, 0.3) is 0 Å². The molecule has 0 radical (unpaired) electrons. The number of aromatic nitrogens is 1. The number of imide groups is 2. The third kappa shape index (κ3) is 8.52. The van der Waals surface area contributed by atoms with Gasteiger partial charge in [-0.15, -0.1) is 0 Å². The van der Waals surface area contributed by atoms with E-state index in [1.165, 1.54) is 12.1 Å². The monoisotopic (exact) mass is 897 g/mol. The molecule has 3 aliphatic heterocycles. The molecule has 0 bridgehead atoms. The maximum atomic E-state index is 13.9. The molecule has 4 N–H and O–H groups in total. The van der Waals surface area contributed by atoms with Crippen LogP contribution in [0.5, 0.6) is 0 Å². The van der Waals surface area contributed by atoms with E-state index in [9.17, 15) is 47.0 Å². The fourth-order valence-electron chi connectivity index (χ4n) is 11.4. The van der Waals surface area contributed by atoms with Gasteiger partial charge in [0.25, 0.3) is 23.6 Å². The number of rotatable bonds is 10. The summed E-state index contributed by atoms with van der Waals surface area (Å²) >= 11 is 0. The predicted octanol–water partition coefficient (Wildman–Crippen LogP) is 6.63. The maximum absolute atomic E-state index is 13.9. The van der Waals surface area contributed by atoms with Gasteiger partial charge >= 0.3 is 6.18 Å². The summed E-state index contributed by atoms with van der Waals surface area (Å²) in [6.45, 7) is 4.43. The predicted molar refractivity (Wildman–Crippen MR) is 232 cm³/mol. The zero-order valence-corrected chi connectivity index (χ0v) is 36.7. The van der Waals surface area contributed by atoms with Crippen molar-refractivity contribution in [3.63, 3.8) is 0 Å². The number of aliphatic hydroxyl groups is 1. The maximum Gasteiger partial charge on any atom is 0.433 e. The number of anilines is 2. The highest BCUT2D eigenvalue weighted by Crippen LogP contribution is 2.53. The second-order valence-corrected chi connectivity index (χ2v) is 19.7. The molecule has 1 spiro atoms. The number of fused-ring (bicyclic) bond motifs is 2. The fourth-order valence-corrected chi connectivity index (χ4v) is 11.4. The molecule has 9 rings (SSSR count). The first-order valence-electron chi connectivity index (χ1n) is 22.7. The first-order valence-corrected chi connectivity index (χ1v) is 22.7. The summed E-state index contributed by atoms with van der Waals surface area (Å²) in [5.41, 5.74) is -0.0807. The van der Waals surface area contributed by atoms with Crippen molar-refractivity contribution in [1.82, 2.24) is 25.0 Å². The first-order chi connectivity index (χ1) is 30.8. The van der Waals surface area contributed by atoms with Gasteiger partial charge in [0.2, 0.25) is 11.8 Å². The van der Waals surface area contributed by atoms with Crippen LogP contribution in [0.1, 0.15) is 149 Å². The lowest BCUT2D eigenvalue weighted by molar-refractivity contribution is -0.141. The quantitative estimate of drug-likeness (QED) is 0.161. The molecule has 17 heteroatoms. The van der Waals surface area contributed by atoms with Gasteiger partial charge in [-0.2, -0.15) is 13.2 Å². The van der Waals surface area contributed by atoms with Crippen molar-refractivity contribution in [2.24, 2.45) is 11.3 Å². The van der Waals surface area contributed by atoms with Crippen molar-refractivity contribution in [3.05, 3.63) is 87.7 Å². The largest absolute Gasteiger partial charge is 0.433 e. The Kier molecular flexibility index (Phi) is 11.4. The minimum Gasteiger partial charge on any atom is -0.386 e. The minimum absolute atomic E-state index is 0.0314. The Hall–Kier alpha value is -5.68. The number of nitrogens with one attached hydrogen (secondary N) is 3. The first kappa shape index (κ1) is 44.5. The van der Waals surface area contributed by atoms with Gasteiger partial charge in [-0.1, -0.05) is 12.1 Å². The van der Waals surface area contributed by atoms with E-state index in [-0.39, 0.29) is 53.1 Å². The highest BCUT2D eigenvalue weighted by Gasteiger charge is 2.49. The number of amides is 6. The van der Waals surface area contributed by atoms with Gasteiger partial charge in [0.05, 0.1) is 16.7 Å². The summed E-state index contributed by atoms with van der Waals surface area (Å²) < 4.78 is 39.9. The standard InChI is InChI=1S/C48H54F3N7O7/c1-46(2,65)33-20-27-25-57(43(62)32(27)21-36(33)54-41(60)35-8-5-9-38(53-35)48(49,50)51)30-12-10-26(11-13-30)24-56(3)29-16-18-47(19-17-29)22-28(23-47)52-34-7-4-6-31-40(34)45(64)58(44(31)63)37-14-15-39(59)55-42(37)61/h4-9,20-21,26,28-30,37,52,65H,10-19,22-25H2,1-3H3,(H,54,60)(H,55,59,61)/t26-,28?,29?,30-,37?,47?. The number of pyridine rings is 1. The van der Waals surface area contributed by atoms with Crippen LogP contribution in [0.3, 0.4) is 0 Å². The number of hydrogen-bond donors (Lipinski definition) is 4. The van der Waals surface area contributed by atoms with Crippen molar-refractivity contribution in [1.29, 1.82) is 0 Å². The van der Waals surface area contributed by atoms with Crippen molar-refractivity contribution in [2.45, 2.75) is 133 Å².